The van der Waals surface area contributed by atoms with Crippen molar-refractivity contribution in [1.29, 1.82) is 0 Å². The number of anilines is 1. The highest BCUT2D eigenvalue weighted by atomic mass is 16.7. The molecule has 2 aromatic rings. The van der Waals surface area contributed by atoms with Crippen molar-refractivity contribution >= 4 is 5.82 Å². The van der Waals surface area contributed by atoms with E-state index in [0.29, 0.717) is 0 Å². The van der Waals surface area contributed by atoms with Crippen molar-refractivity contribution < 1.29 is 14.6 Å². The highest BCUT2D eigenvalue weighted by Crippen LogP contribution is 2.36. The zero-order chi connectivity index (χ0) is 18.1. The number of aliphatic hydroxyl groups excluding tert-OH is 1. The van der Waals surface area contributed by atoms with Gasteiger partial charge in [0, 0.05) is 43.5 Å². The quantitative estimate of drug-likeness (QED) is 0.912. The number of hydrogen-bond donors (Lipinski definition) is 1. The molecule has 2 aliphatic heterocycles. The number of rotatable bonds is 3. The van der Waals surface area contributed by atoms with Crippen LogP contribution in [0.25, 0.3) is 0 Å². The van der Waals surface area contributed by atoms with Gasteiger partial charge in [0.15, 0.2) is 11.5 Å². The first-order chi connectivity index (χ1) is 12.7. The molecule has 4 rings (SSSR count). The molecule has 0 fully saturated rings. The number of benzene rings is 1. The lowest BCUT2D eigenvalue weighted by Gasteiger charge is -2.35. The van der Waals surface area contributed by atoms with E-state index in [0.717, 1.165) is 54.6 Å². The number of fused-ring (bicyclic) bond motifs is 2. The predicted molar refractivity (Wildman–Crippen MR) is 99.5 cm³/mol. The van der Waals surface area contributed by atoms with E-state index in [1.807, 2.05) is 26.1 Å². The summed E-state index contributed by atoms with van der Waals surface area (Å²) < 4.78 is 11.2. The van der Waals surface area contributed by atoms with Gasteiger partial charge in [0.2, 0.25) is 6.79 Å². The third kappa shape index (κ3) is 3.22. The van der Waals surface area contributed by atoms with Gasteiger partial charge in [0.25, 0.3) is 0 Å². The SMILES string of the molecule is Cc1ccc2c(n1)N(C)[C@H](CO)CCN(Cc1cccc3c1OCO3)C2. The molecule has 0 bridgehead atoms. The Kier molecular flexibility index (Phi) is 4.70. The fraction of sp³-hybridized carbons (Fsp3) is 0.450. The van der Waals surface area contributed by atoms with E-state index in [4.69, 9.17) is 14.5 Å². The fourth-order valence-electron chi connectivity index (χ4n) is 3.72. The van der Waals surface area contributed by atoms with Crippen LogP contribution in [-0.4, -0.2) is 48.0 Å². The lowest BCUT2D eigenvalue weighted by Crippen LogP contribution is -2.41. The Bertz CT molecular complexity index is 796. The monoisotopic (exact) mass is 355 g/mol. The molecule has 1 N–H and O–H groups in total. The lowest BCUT2D eigenvalue weighted by atomic mass is 10.1. The molecule has 3 heterocycles. The highest BCUT2D eigenvalue weighted by Gasteiger charge is 2.25. The average molecular weight is 355 g/mol. The number of hydrogen-bond acceptors (Lipinski definition) is 6. The van der Waals surface area contributed by atoms with E-state index >= 15 is 0 Å². The van der Waals surface area contributed by atoms with Crippen LogP contribution in [0.2, 0.25) is 0 Å². The minimum absolute atomic E-state index is 0.0620. The Morgan fingerprint density at radius 3 is 2.96 bits per heavy atom. The molecule has 0 unspecified atom stereocenters. The molecular weight excluding hydrogens is 330 g/mol. The molecule has 1 aromatic carbocycles. The predicted octanol–water partition coefficient (Wildman–Crippen LogP) is 2.32. The van der Waals surface area contributed by atoms with Crippen LogP contribution in [0.5, 0.6) is 11.5 Å². The van der Waals surface area contributed by atoms with Crippen LogP contribution in [0.1, 0.15) is 23.2 Å². The molecule has 138 valence electrons. The molecule has 0 amide bonds. The highest BCUT2D eigenvalue weighted by molar-refractivity contribution is 5.50. The Labute approximate surface area is 154 Å². The number of aryl methyl sites for hydroxylation is 1. The molecule has 0 saturated heterocycles. The minimum Gasteiger partial charge on any atom is -0.454 e. The number of nitrogens with zero attached hydrogens (tertiary/aromatic N) is 3. The second-order valence-electron chi connectivity index (χ2n) is 7.03. The number of para-hydroxylation sites is 1. The number of ether oxygens (including phenoxy) is 2. The summed E-state index contributed by atoms with van der Waals surface area (Å²) in [5.41, 5.74) is 3.31. The Morgan fingerprint density at radius 1 is 1.23 bits per heavy atom. The molecule has 0 saturated carbocycles. The van der Waals surface area contributed by atoms with Crippen molar-refractivity contribution in [2.45, 2.75) is 32.5 Å². The van der Waals surface area contributed by atoms with Crippen molar-refractivity contribution in [1.82, 2.24) is 9.88 Å². The molecule has 1 atom stereocenters. The topological polar surface area (TPSA) is 58.1 Å². The van der Waals surface area contributed by atoms with Gasteiger partial charge in [-0.1, -0.05) is 18.2 Å². The van der Waals surface area contributed by atoms with Crippen LogP contribution in [0.3, 0.4) is 0 Å². The summed E-state index contributed by atoms with van der Waals surface area (Å²) in [4.78, 5) is 9.25. The molecule has 6 nitrogen and oxygen atoms in total. The zero-order valence-electron chi connectivity index (χ0n) is 15.3. The van der Waals surface area contributed by atoms with Crippen molar-refractivity contribution in [2.24, 2.45) is 0 Å². The molecule has 26 heavy (non-hydrogen) atoms. The zero-order valence-corrected chi connectivity index (χ0v) is 15.3. The first-order valence-electron chi connectivity index (χ1n) is 9.06. The maximum atomic E-state index is 9.85. The normalized spacial score (nSPS) is 19.8. The van der Waals surface area contributed by atoms with Gasteiger partial charge in [-0.3, -0.25) is 4.90 Å². The molecule has 0 spiro atoms. The van der Waals surface area contributed by atoms with Gasteiger partial charge in [-0.25, -0.2) is 4.98 Å². The Balaban J connectivity index is 1.63. The van der Waals surface area contributed by atoms with E-state index in [2.05, 4.69) is 28.0 Å². The van der Waals surface area contributed by atoms with Crippen LogP contribution >= 0.6 is 0 Å². The van der Waals surface area contributed by atoms with Gasteiger partial charge in [-0.15, -0.1) is 0 Å². The van der Waals surface area contributed by atoms with Crippen molar-refractivity contribution in [3.05, 3.63) is 47.2 Å². The molecule has 1 aromatic heterocycles. The smallest absolute Gasteiger partial charge is 0.231 e. The van der Waals surface area contributed by atoms with Gasteiger partial charge in [0.05, 0.1) is 12.6 Å². The third-order valence-electron chi connectivity index (χ3n) is 5.23. The molecule has 6 heteroatoms. The summed E-state index contributed by atoms with van der Waals surface area (Å²) in [5.74, 6) is 2.64. The Morgan fingerprint density at radius 2 is 2.12 bits per heavy atom. The number of aliphatic hydroxyl groups is 1. The number of likely N-dealkylation sites (N-methyl/N-ethyl adjacent to an activating group) is 1. The molecular formula is C20H25N3O3. The maximum Gasteiger partial charge on any atom is 0.231 e. The molecule has 2 aliphatic rings. The first kappa shape index (κ1) is 17.1. The van der Waals surface area contributed by atoms with Gasteiger partial charge in [-0.05, 0) is 25.5 Å². The first-order valence-corrected chi connectivity index (χ1v) is 9.06. The largest absolute Gasteiger partial charge is 0.454 e. The van der Waals surface area contributed by atoms with E-state index in [9.17, 15) is 5.11 Å². The Hall–Kier alpha value is -2.31. The summed E-state index contributed by atoms with van der Waals surface area (Å²) in [5, 5.41) is 9.85. The second kappa shape index (κ2) is 7.13. The number of aromatic nitrogens is 1. The summed E-state index contributed by atoms with van der Waals surface area (Å²) in [7, 11) is 2.02. The lowest BCUT2D eigenvalue weighted by molar-refractivity contribution is 0.170. The molecule has 0 aliphatic carbocycles. The van der Waals surface area contributed by atoms with Crippen LogP contribution in [-0.2, 0) is 13.1 Å². The fourth-order valence-corrected chi connectivity index (χ4v) is 3.72. The van der Waals surface area contributed by atoms with E-state index in [1.54, 1.807) is 0 Å². The molecule has 0 radical (unpaired) electrons. The summed E-state index contributed by atoms with van der Waals surface area (Å²) in [6.45, 7) is 4.90. The summed E-state index contributed by atoms with van der Waals surface area (Å²) in [6.07, 6.45) is 0.883. The van der Waals surface area contributed by atoms with Crippen molar-refractivity contribution in [2.75, 3.05) is 31.9 Å². The van der Waals surface area contributed by atoms with Crippen LogP contribution < -0.4 is 14.4 Å². The van der Waals surface area contributed by atoms with Crippen molar-refractivity contribution in [3.8, 4) is 11.5 Å². The van der Waals surface area contributed by atoms with Crippen LogP contribution in [0.15, 0.2) is 30.3 Å². The van der Waals surface area contributed by atoms with Gasteiger partial charge >= 0.3 is 0 Å². The minimum atomic E-state index is 0.0620. The van der Waals surface area contributed by atoms with Gasteiger partial charge in [-0.2, -0.15) is 0 Å². The summed E-state index contributed by atoms with van der Waals surface area (Å²) >= 11 is 0. The third-order valence-corrected chi connectivity index (χ3v) is 5.23. The van der Waals surface area contributed by atoms with E-state index < -0.39 is 0 Å². The maximum absolute atomic E-state index is 9.85. The summed E-state index contributed by atoms with van der Waals surface area (Å²) in [6, 6.07) is 10.3. The number of pyridine rings is 1. The van der Waals surface area contributed by atoms with Gasteiger partial charge < -0.3 is 19.5 Å². The average Bonchev–Trinajstić information content (AvgIpc) is 3.12. The second-order valence-corrected chi connectivity index (χ2v) is 7.03. The van der Waals surface area contributed by atoms with Crippen molar-refractivity contribution in [3.63, 3.8) is 0 Å². The van der Waals surface area contributed by atoms with E-state index in [1.165, 1.54) is 5.56 Å². The van der Waals surface area contributed by atoms with Gasteiger partial charge in [0.1, 0.15) is 5.82 Å². The standard InChI is InChI=1S/C20H25N3O3/c1-14-6-7-16-11-23(9-8-17(12-24)22(2)20(16)21-14)10-15-4-3-5-18-19(15)26-13-25-18/h3-7,17,24H,8-13H2,1-2H3/t17-/m0/s1. The van der Waals surface area contributed by atoms with Crippen LogP contribution in [0.4, 0.5) is 5.82 Å². The van der Waals surface area contributed by atoms with E-state index in [-0.39, 0.29) is 19.4 Å². The van der Waals surface area contributed by atoms with Crippen LogP contribution in [0, 0.1) is 6.92 Å².